The normalized spacial score (nSPS) is 19.0. The van der Waals surface area contributed by atoms with Gasteiger partial charge >= 0.3 is 12.2 Å². The van der Waals surface area contributed by atoms with Crippen molar-refractivity contribution in [2.75, 3.05) is 18.4 Å². The van der Waals surface area contributed by atoms with Crippen molar-refractivity contribution in [2.24, 2.45) is 0 Å². The van der Waals surface area contributed by atoms with Crippen LogP contribution in [0.25, 0.3) is 11.4 Å². The predicted molar refractivity (Wildman–Crippen MR) is 99.3 cm³/mol. The Balaban J connectivity index is 1.38. The minimum Gasteiger partial charge on any atom is -0.345 e. The molecule has 0 spiro atoms. The molecule has 1 unspecified atom stereocenters. The molecule has 2 N–H and O–H groups in total. The molecule has 1 aliphatic heterocycles. The molecular formula is C18H20F3N7O2. The first-order valence-corrected chi connectivity index (χ1v) is 9.62. The van der Waals surface area contributed by atoms with Crippen LogP contribution in [0.3, 0.4) is 0 Å². The van der Waals surface area contributed by atoms with Gasteiger partial charge in [0.25, 0.3) is 0 Å². The maximum atomic E-state index is 12.6. The van der Waals surface area contributed by atoms with Crippen molar-refractivity contribution >= 4 is 17.6 Å². The van der Waals surface area contributed by atoms with Crippen molar-refractivity contribution < 1.29 is 22.8 Å². The Morgan fingerprint density at radius 2 is 1.87 bits per heavy atom. The lowest BCUT2D eigenvalue weighted by Gasteiger charge is -2.24. The van der Waals surface area contributed by atoms with E-state index in [1.165, 1.54) is 4.90 Å². The molecule has 0 radical (unpaired) electrons. The number of rotatable bonds is 5. The zero-order valence-electron chi connectivity index (χ0n) is 15.9. The Hall–Kier alpha value is -3.18. The van der Waals surface area contributed by atoms with Gasteiger partial charge in [-0.15, -0.1) is 5.10 Å². The molecule has 30 heavy (non-hydrogen) atoms. The van der Waals surface area contributed by atoms with E-state index in [-0.39, 0.29) is 0 Å². The van der Waals surface area contributed by atoms with Gasteiger partial charge in [-0.25, -0.2) is 9.48 Å². The van der Waals surface area contributed by atoms with Crippen molar-refractivity contribution in [2.45, 2.75) is 43.9 Å². The van der Waals surface area contributed by atoms with Crippen molar-refractivity contribution in [3.05, 3.63) is 24.3 Å². The Bertz CT molecular complexity index is 925. The van der Waals surface area contributed by atoms with Crippen LogP contribution in [-0.4, -0.2) is 62.4 Å². The van der Waals surface area contributed by atoms with E-state index >= 15 is 0 Å². The first-order chi connectivity index (χ1) is 14.3. The van der Waals surface area contributed by atoms with Crippen LogP contribution in [0.2, 0.25) is 0 Å². The van der Waals surface area contributed by atoms with E-state index < -0.39 is 30.7 Å². The molecule has 3 amide bonds. The van der Waals surface area contributed by atoms with Gasteiger partial charge in [0.05, 0.1) is 6.04 Å². The number of benzene rings is 1. The van der Waals surface area contributed by atoms with Crippen LogP contribution in [0.15, 0.2) is 24.3 Å². The van der Waals surface area contributed by atoms with Crippen LogP contribution in [0.1, 0.15) is 31.7 Å². The molecule has 0 bridgehead atoms. The maximum Gasteiger partial charge on any atom is 0.405 e. The van der Waals surface area contributed by atoms with Crippen molar-refractivity contribution in [1.29, 1.82) is 0 Å². The van der Waals surface area contributed by atoms with Gasteiger partial charge < -0.3 is 15.5 Å². The predicted octanol–water partition coefficient (Wildman–Crippen LogP) is 2.35. The second kappa shape index (κ2) is 7.92. The number of urea groups is 1. The molecule has 2 fully saturated rings. The summed E-state index contributed by atoms with van der Waals surface area (Å²) in [6.07, 6.45) is -1.55. The minimum absolute atomic E-state index is 0.296. The summed E-state index contributed by atoms with van der Waals surface area (Å²) < 4.78 is 38.8. The smallest absolute Gasteiger partial charge is 0.345 e. The number of carbonyl (C=O) groups excluding carboxylic acids is 2. The number of anilines is 1. The van der Waals surface area contributed by atoms with Crippen LogP contribution in [0, 0.1) is 0 Å². The fourth-order valence-corrected chi connectivity index (χ4v) is 3.43. The number of tetrazole rings is 1. The van der Waals surface area contributed by atoms with Crippen LogP contribution in [0.4, 0.5) is 23.7 Å². The summed E-state index contributed by atoms with van der Waals surface area (Å²) in [5.74, 6) is -0.154. The third kappa shape index (κ3) is 4.52. The molecule has 9 nitrogen and oxygen atoms in total. The van der Waals surface area contributed by atoms with E-state index in [0.717, 1.165) is 18.4 Å². The van der Waals surface area contributed by atoms with Gasteiger partial charge in [-0.2, -0.15) is 13.2 Å². The van der Waals surface area contributed by atoms with Gasteiger partial charge in [0.15, 0.2) is 5.82 Å². The average molecular weight is 423 g/mol. The van der Waals surface area contributed by atoms with E-state index in [4.69, 9.17) is 0 Å². The van der Waals surface area contributed by atoms with Gasteiger partial charge in [-0.1, -0.05) is 0 Å². The topological polar surface area (TPSA) is 105 Å². The van der Waals surface area contributed by atoms with Gasteiger partial charge in [0.2, 0.25) is 5.91 Å². The van der Waals surface area contributed by atoms with E-state index in [1.807, 2.05) is 5.32 Å². The number of amides is 3. The standard InChI is InChI=1S/C18H20F3N7O2/c19-18(20,21)10-22-16(29)14-2-1-9-27(14)17(30)23-12-5-3-11(4-6-12)15-24-25-26-28(15)13-7-8-13/h3-6,13-14H,1-2,7-10H2,(H,22,29)(H,23,30). The SMILES string of the molecule is O=C(NCC(F)(F)F)C1CCCN1C(=O)Nc1ccc(-c2nnnn2C2CC2)cc1. The summed E-state index contributed by atoms with van der Waals surface area (Å²) in [7, 11) is 0. The second-order valence-corrected chi connectivity index (χ2v) is 7.37. The Morgan fingerprint density at radius 3 is 2.53 bits per heavy atom. The maximum absolute atomic E-state index is 12.6. The molecule has 1 aromatic carbocycles. The average Bonchev–Trinajstić information content (AvgIpc) is 3.23. The molecule has 1 atom stereocenters. The highest BCUT2D eigenvalue weighted by atomic mass is 19.4. The first kappa shape index (κ1) is 20.1. The molecule has 1 aromatic heterocycles. The number of carbonyl (C=O) groups is 2. The number of likely N-dealkylation sites (tertiary alicyclic amines) is 1. The van der Waals surface area contributed by atoms with E-state index in [1.54, 1.807) is 28.9 Å². The molecule has 2 aromatic rings. The highest BCUT2D eigenvalue weighted by molar-refractivity contribution is 5.94. The third-order valence-electron chi connectivity index (χ3n) is 5.06. The molecule has 2 heterocycles. The Kier molecular flexibility index (Phi) is 5.31. The fourth-order valence-electron chi connectivity index (χ4n) is 3.43. The van der Waals surface area contributed by atoms with Crippen molar-refractivity contribution in [3.8, 4) is 11.4 Å². The summed E-state index contributed by atoms with van der Waals surface area (Å²) in [5, 5.41) is 16.3. The number of halogens is 3. The molecule has 160 valence electrons. The number of nitrogens with zero attached hydrogens (tertiary/aromatic N) is 5. The lowest BCUT2D eigenvalue weighted by atomic mass is 10.2. The van der Waals surface area contributed by atoms with E-state index in [0.29, 0.717) is 36.9 Å². The lowest BCUT2D eigenvalue weighted by Crippen LogP contribution is -2.49. The monoisotopic (exact) mass is 423 g/mol. The zero-order chi connectivity index (χ0) is 21.3. The van der Waals surface area contributed by atoms with E-state index in [9.17, 15) is 22.8 Å². The van der Waals surface area contributed by atoms with Crippen LogP contribution in [-0.2, 0) is 4.79 Å². The molecular weight excluding hydrogens is 403 g/mol. The van der Waals surface area contributed by atoms with Crippen molar-refractivity contribution in [1.82, 2.24) is 30.4 Å². The summed E-state index contributed by atoms with van der Waals surface area (Å²) in [4.78, 5) is 25.9. The fraction of sp³-hybridized carbons (Fsp3) is 0.500. The molecule has 1 saturated carbocycles. The molecule has 2 aliphatic rings. The highest BCUT2D eigenvalue weighted by Crippen LogP contribution is 2.36. The summed E-state index contributed by atoms with van der Waals surface area (Å²) in [5.41, 5.74) is 1.30. The van der Waals surface area contributed by atoms with Crippen LogP contribution in [0.5, 0.6) is 0 Å². The third-order valence-corrected chi connectivity index (χ3v) is 5.06. The molecule has 1 aliphatic carbocycles. The Labute approximate surface area is 169 Å². The zero-order valence-corrected chi connectivity index (χ0v) is 15.9. The molecule has 1 saturated heterocycles. The van der Waals surface area contributed by atoms with Gasteiger partial charge in [0.1, 0.15) is 12.6 Å². The lowest BCUT2D eigenvalue weighted by molar-refractivity contribution is -0.140. The van der Waals surface area contributed by atoms with Crippen molar-refractivity contribution in [3.63, 3.8) is 0 Å². The quantitative estimate of drug-likeness (QED) is 0.768. The number of hydrogen-bond donors (Lipinski definition) is 2. The van der Waals surface area contributed by atoms with E-state index in [2.05, 4.69) is 20.8 Å². The van der Waals surface area contributed by atoms with Crippen LogP contribution >= 0.6 is 0 Å². The van der Waals surface area contributed by atoms with Gasteiger partial charge in [-0.3, -0.25) is 4.79 Å². The summed E-state index contributed by atoms with van der Waals surface area (Å²) in [6.45, 7) is -1.12. The largest absolute Gasteiger partial charge is 0.405 e. The number of aromatic nitrogens is 4. The first-order valence-electron chi connectivity index (χ1n) is 9.62. The number of hydrogen-bond acceptors (Lipinski definition) is 5. The number of alkyl halides is 3. The Morgan fingerprint density at radius 1 is 1.13 bits per heavy atom. The summed E-state index contributed by atoms with van der Waals surface area (Å²) >= 11 is 0. The molecule has 4 rings (SSSR count). The second-order valence-electron chi connectivity index (χ2n) is 7.37. The highest BCUT2D eigenvalue weighted by Gasteiger charge is 2.36. The summed E-state index contributed by atoms with van der Waals surface area (Å²) in [6, 6.07) is 5.80. The van der Waals surface area contributed by atoms with Gasteiger partial charge in [0, 0.05) is 17.8 Å². The van der Waals surface area contributed by atoms with Gasteiger partial charge in [-0.05, 0) is 60.4 Å². The minimum atomic E-state index is -4.50. The molecule has 12 heteroatoms. The number of nitrogens with one attached hydrogen (secondary N) is 2. The van der Waals surface area contributed by atoms with Crippen LogP contribution < -0.4 is 10.6 Å².